The van der Waals surface area contributed by atoms with Gasteiger partial charge in [-0.1, -0.05) is 38.1 Å². The molecular formula is C36H36ClFN6O4. The molecule has 1 amide bonds. The Labute approximate surface area is 281 Å². The molecule has 5 heterocycles. The Morgan fingerprint density at radius 2 is 1.85 bits per heavy atom. The van der Waals surface area contributed by atoms with E-state index < -0.39 is 11.6 Å². The molecule has 5 aromatic rings. The molecule has 2 atom stereocenters. The van der Waals surface area contributed by atoms with Gasteiger partial charge in [0.1, 0.15) is 11.5 Å². The van der Waals surface area contributed by atoms with Crippen molar-refractivity contribution in [2.24, 2.45) is 0 Å². The van der Waals surface area contributed by atoms with Crippen LogP contribution < -0.4 is 21.1 Å². The summed E-state index contributed by atoms with van der Waals surface area (Å²) in [7, 11) is 1.84. The highest BCUT2D eigenvalue weighted by molar-refractivity contribution is 6.39. The fourth-order valence-corrected chi connectivity index (χ4v) is 7.90. The number of likely N-dealkylation sites (N-methyl/N-ethyl adjacent to an activating group) is 1. The summed E-state index contributed by atoms with van der Waals surface area (Å²) in [6, 6.07) is 6.34. The summed E-state index contributed by atoms with van der Waals surface area (Å²) in [5, 5.41) is 0.446. The minimum absolute atomic E-state index is 0.000560. The van der Waals surface area contributed by atoms with Gasteiger partial charge >= 0.3 is 5.76 Å². The van der Waals surface area contributed by atoms with E-state index in [0.717, 1.165) is 5.56 Å². The number of oxazole rings is 1. The summed E-state index contributed by atoms with van der Waals surface area (Å²) in [4.78, 5) is 53.3. The first-order valence-electron chi connectivity index (χ1n) is 15.9. The molecule has 1 fully saturated rings. The van der Waals surface area contributed by atoms with Crippen LogP contribution in [0.25, 0.3) is 38.8 Å². The lowest BCUT2D eigenvalue weighted by Crippen LogP contribution is -2.64. The molecule has 0 radical (unpaired) electrons. The highest BCUT2D eigenvalue weighted by Crippen LogP contribution is 2.48. The van der Waals surface area contributed by atoms with Gasteiger partial charge < -0.3 is 19.1 Å². The van der Waals surface area contributed by atoms with Crippen LogP contribution in [0.3, 0.4) is 0 Å². The lowest BCUT2D eigenvalue weighted by Gasteiger charge is -2.51. The van der Waals surface area contributed by atoms with Gasteiger partial charge in [0.15, 0.2) is 5.58 Å². The van der Waals surface area contributed by atoms with Gasteiger partial charge in [-0.2, -0.15) is 0 Å². The van der Waals surface area contributed by atoms with Crippen molar-refractivity contribution in [3.63, 3.8) is 0 Å². The smallest absolute Gasteiger partial charge is 0.407 e. The highest BCUT2D eigenvalue weighted by Gasteiger charge is 2.42. The predicted molar refractivity (Wildman–Crippen MR) is 187 cm³/mol. The molecule has 0 bridgehead atoms. The van der Waals surface area contributed by atoms with Crippen LogP contribution >= 0.6 is 11.6 Å². The molecule has 7 rings (SSSR count). The zero-order valence-corrected chi connectivity index (χ0v) is 28.4. The number of piperazine rings is 1. The van der Waals surface area contributed by atoms with Gasteiger partial charge in [0.25, 0.3) is 5.56 Å². The fraction of sp³-hybridized carbons (Fsp3) is 0.333. The molecule has 1 N–H and O–H groups in total. The number of aromatic nitrogens is 3. The van der Waals surface area contributed by atoms with E-state index in [1.165, 1.54) is 12.1 Å². The Hall–Kier alpha value is -4.90. The lowest BCUT2D eigenvalue weighted by molar-refractivity contribution is -0.128. The summed E-state index contributed by atoms with van der Waals surface area (Å²) in [6.45, 7) is 14.6. The van der Waals surface area contributed by atoms with E-state index in [-0.39, 0.29) is 45.6 Å². The Morgan fingerprint density at radius 1 is 1.10 bits per heavy atom. The van der Waals surface area contributed by atoms with Crippen LogP contribution in [0.1, 0.15) is 43.5 Å². The summed E-state index contributed by atoms with van der Waals surface area (Å²) < 4.78 is 24.0. The number of fused-ring (bicyclic) bond motifs is 6. The van der Waals surface area contributed by atoms with Crippen molar-refractivity contribution in [1.82, 2.24) is 19.4 Å². The van der Waals surface area contributed by atoms with E-state index in [0.29, 0.717) is 69.9 Å². The number of rotatable bonds is 4. The van der Waals surface area contributed by atoms with Crippen molar-refractivity contribution < 1.29 is 13.6 Å². The quantitative estimate of drug-likeness (QED) is 0.232. The average Bonchev–Trinajstić information content (AvgIpc) is 3.42. The Balaban J connectivity index is 1.64. The molecule has 2 aromatic carbocycles. The number of nitrogens with one attached hydrogen (secondary N) is 1. The number of pyridine rings is 2. The maximum atomic E-state index is 16.9. The lowest BCUT2D eigenvalue weighted by atomic mass is 9.94. The number of halogens is 2. The molecule has 12 heteroatoms. The number of hydrogen-bond acceptors (Lipinski definition) is 7. The number of H-pyrrole nitrogens is 1. The second-order valence-corrected chi connectivity index (χ2v) is 13.6. The van der Waals surface area contributed by atoms with Crippen molar-refractivity contribution in [3.05, 3.63) is 91.7 Å². The summed E-state index contributed by atoms with van der Waals surface area (Å²) in [5.41, 5.74) is 4.58. The van der Waals surface area contributed by atoms with Gasteiger partial charge in [-0.3, -0.25) is 24.1 Å². The van der Waals surface area contributed by atoms with E-state index in [1.54, 1.807) is 34.7 Å². The minimum atomic E-state index is -0.676. The number of anilines is 2. The average molecular weight is 671 g/mol. The van der Waals surface area contributed by atoms with Gasteiger partial charge in [-0.15, -0.1) is 0 Å². The van der Waals surface area contributed by atoms with Gasteiger partial charge in [0.2, 0.25) is 5.91 Å². The standard InChI is InChI=1S/C36H36ClFN6O4/c1-8-25(45)42-16-21-15-41(7)33-32(43(21)14-20(42)6)22-13-23(38)27(26-18(4)9-10-24-34(26)48-36(47)40-24)28(37)31(22)44(35(33)46)30-19(5)11-12-39-29(30)17(2)3/h8-13,17,20-21H,1,14-16H2,2-7H3,(H,40,47). The molecule has 1 saturated heterocycles. The molecule has 10 nitrogen and oxygen atoms in total. The number of benzene rings is 2. The second-order valence-electron chi connectivity index (χ2n) is 13.2. The van der Waals surface area contributed by atoms with Crippen LogP contribution in [0.2, 0.25) is 5.02 Å². The molecule has 2 unspecified atom stereocenters. The van der Waals surface area contributed by atoms with E-state index in [4.69, 9.17) is 16.0 Å². The molecule has 0 spiro atoms. The Bertz CT molecular complexity index is 2310. The van der Waals surface area contributed by atoms with Crippen LogP contribution in [0, 0.1) is 19.7 Å². The number of nitrogens with zero attached hydrogens (tertiary/aromatic N) is 5. The number of amides is 1. The monoisotopic (exact) mass is 670 g/mol. The Kier molecular flexibility index (Phi) is 7.50. The molecule has 48 heavy (non-hydrogen) atoms. The second kappa shape index (κ2) is 11.4. The third kappa shape index (κ3) is 4.58. The van der Waals surface area contributed by atoms with E-state index >= 15 is 9.18 Å². The molecule has 3 aromatic heterocycles. The number of carbonyl (C=O) groups is 1. The van der Waals surface area contributed by atoms with Crippen molar-refractivity contribution in [2.75, 3.05) is 36.5 Å². The van der Waals surface area contributed by atoms with Crippen LogP contribution in [0.5, 0.6) is 0 Å². The van der Waals surface area contributed by atoms with E-state index in [2.05, 4.69) is 21.4 Å². The summed E-state index contributed by atoms with van der Waals surface area (Å²) in [6.07, 6.45) is 3.03. The molecular weight excluding hydrogens is 635 g/mol. The van der Waals surface area contributed by atoms with Gasteiger partial charge in [-0.25, -0.2) is 9.18 Å². The first-order chi connectivity index (χ1) is 22.8. The number of carbonyl (C=O) groups excluding carboxylic acids is 1. The normalized spacial score (nSPS) is 17.7. The van der Waals surface area contributed by atoms with Crippen molar-refractivity contribution in [3.8, 4) is 16.8 Å². The van der Waals surface area contributed by atoms with Gasteiger partial charge in [0, 0.05) is 55.4 Å². The van der Waals surface area contributed by atoms with Crippen molar-refractivity contribution in [2.45, 2.75) is 52.6 Å². The third-order valence-electron chi connectivity index (χ3n) is 9.73. The zero-order valence-electron chi connectivity index (χ0n) is 27.6. The number of aromatic amines is 1. The largest absolute Gasteiger partial charge is 0.417 e. The molecule has 0 aliphatic carbocycles. The molecule has 2 aliphatic rings. The van der Waals surface area contributed by atoms with Crippen molar-refractivity contribution >= 4 is 50.9 Å². The predicted octanol–water partition coefficient (Wildman–Crippen LogP) is 6.06. The number of hydrogen-bond donors (Lipinski definition) is 1. The third-order valence-corrected chi connectivity index (χ3v) is 10.1. The topological polar surface area (TPSA) is 108 Å². The summed E-state index contributed by atoms with van der Waals surface area (Å²) in [5.74, 6) is -1.53. The van der Waals surface area contributed by atoms with Crippen molar-refractivity contribution in [1.29, 1.82) is 0 Å². The van der Waals surface area contributed by atoms with Crippen LogP contribution in [-0.2, 0) is 4.79 Å². The van der Waals surface area contributed by atoms with Gasteiger partial charge in [-0.05, 0) is 62.1 Å². The fourth-order valence-electron chi connectivity index (χ4n) is 7.53. The van der Waals surface area contributed by atoms with Crippen LogP contribution in [0.4, 0.5) is 15.8 Å². The molecule has 248 valence electrons. The minimum Gasteiger partial charge on any atom is -0.407 e. The van der Waals surface area contributed by atoms with Crippen LogP contribution in [0.15, 0.2) is 57.1 Å². The van der Waals surface area contributed by atoms with Gasteiger partial charge in [0.05, 0.1) is 39.2 Å². The maximum Gasteiger partial charge on any atom is 0.417 e. The first kappa shape index (κ1) is 31.7. The molecule has 0 saturated carbocycles. The zero-order chi connectivity index (χ0) is 34.3. The van der Waals surface area contributed by atoms with Crippen LogP contribution in [-0.4, -0.2) is 64.1 Å². The number of aryl methyl sites for hydroxylation is 2. The summed E-state index contributed by atoms with van der Waals surface area (Å²) >= 11 is 7.39. The van der Waals surface area contributed by atoms with E-state index in [9.17, 15) is 9.59 Å². The Morgan fingerprint density at radius 3 is 2.56 bits per heavy atom. The maximum absolute atomic E-state index is 16.9. The SMILES string of the molecule is C=CC(=O)N1CC2CN(C)c3c(c4cc(F)c(-c5c(C)ccc6[nH]c(=O)oc56)c(Cl)c4n(-c4c(C)ccnc4C(C)C)c3=O)N2CC1C. The highest BCUT2D eigenvalue weighted by atomic mass is 35.5. The first-order valence-corrected chi connectivity index (χ1v) is 16.3. The molecule has 2 aliphatic heterocycles. The van der Waals surface area contributed by atoms with E-state index in [1.807, 2.05) is 45.7 Å².